The minimum atomic E-state index is -0.262. The first-order chi connectivity index (χ1) is 19.4. The lowest BCUT2D eigenvalue weighted by molar-refractivity contribution is -0.135. The van der Waals surface area contributed by atoms with Crippen molar-refractivity contribution in [3.8, 4) is 0 Å². The number of amides is 1. The van der Waals surface area contributed by atoms with E-state index in [1.54, 1.807) is 17.7 Å². The number of rotatable bonds is 6. The van der Waals surface area contributed by atoms with Gasteiger partial charge in [-0.1, -0.05) is 25.7 Å². The predicted octanol–water partition coefficient (Wildman–Crippen LogP) is 4.40. The van der Waals surface area contributed by atoms with Crippen LogP contribution < -0.4 is 15.8 Å². The number of piperazine rings is 1. The van der Waals surface area contributed by atoms with Crippen LogP contribution in [0.3, 0.4) is 0 Å². The first-order valence-electron chi connectivity index (χ1n) is 14.6. The van der Waals surface area contributed by atoms with Crippen molar-refractivity contribution in [2.45, 2.75) is 71.3 Å². The largest absolute Gasteiger partial charge is 0.367 e. The van der Waals surface area contributed by atoms with Crippen LogP contribution in [0, 0.1) is 12.8 Å². The van der Waals surface area contributed by atoms with Crippen molar-refractivity contribution in [2.75, 3.05) is 36.4 Å². The zero-order valence-electron chi connectivity index (χ0n) is 23.4. The van der Waals surface area contributed by atoms with Crippen molar-refractivity contribution in [3.05, 3.63) is 46.0 Å². The van der Waals surface area contributed by atoms with Crippen LogP contribution in [0.2, 0.25) is 0 Å². The van der Waals surface area contributed by atoms with Gasteiger partial charge in [-0.2, -0.15) is 4.98 Å². The Bertz CT molecular complexity index is 1480. The summed E-state index contributed by atoms with van der Waals surface area (Å²) in [6.45, 7) is 6.31. The fourth-order valence-corrected chi connectivity index (χ4v) is 6.69. The molecule has 1 saturated heterocycles. The van der Waals surface area contributed by atoms with E-state index in [1.807, 2.05) is 23.2 Å². The minimum Gasteiger partial charge on any atom is -0.367 e. The molecule has 10 nitrogen and oxygen atoms in total. The van der Waals surface area contributed by atoms with Gasteiger partial charge in [0.2, 0.25) is 11.9 Å². The lowest BCUT2D eigenvalue weighted by atomic mass is 10.0. The summed E-state index contributed by atoms with van der Waals surface area (Å²) in [5, 5.41) is 3.91. The molecule has 0 spiro atoms. The van der Waals surface area contributed by atoms with Gasteiger partial charge >= 0.3 is 0 Å². The van der Waals surface area contributed by atoms with Gasteiger partial charge in [0.15, 0.2) is 5.78 Å². The lowest BCUT2D eigenvalue weighted by Crippen LogP contribution is -2.50. The molecule has 40 heavy (non-hydrogen) atoms. The average Bonchev–Trinajstić information content (AvgIpc) is 3.69. The second-order valence-electron chi connectivity index (χ2n) is 11.4. The van der Waals surface area contributed by atoms with E-state index >= 15 is 0 Å². The van der Waals surface area contributed by atoms with Crippen LogP contribution in [0.4, 0.5) is 17.5 Å². The van der Waals surface area contributed by atoms with Crippen molar-refractivity contribution >= 4 is 40.2 Å². The van der Waals surface area contributed by atoms with Crippen LogP contribution in [0.15, 0.2) is 29.3 Å². The van der Waals surface area contributed by atoms with Gasteiger partial charge in [-0.15, -0.1) is 0 Å². The molecule has 2 aliphatic carbocycles. The van der Waals surface area contributed by atoms with Crippen molar-refractivity contribution in [3.63, 3.8) is 0 Å². The van der Waals surface area contributed by atoms with Crippen LogP contribution in [-0.4, -0.2) is 62.3 Å². The molecule has 1 aliphatic heterocycles. The molecule has 0 radical (unpaired) electrons. The number of hydrogen-bond donors (Lipinski definition) is 1. The Morgan fingerprint density at radius 3 is 2.27 bits per heavy atom. The second kappa shape index (κ2) is 11.0. The third-order valence-electron chi connectivity index (χ3n) is 8.90. The normalized spacial score (nSPS) is 18.6. The molecule has 0 aromatic carbocycles. The SMILES string of the molecule is CC(=O)c1c(C)c2cnc(Nc3ccc(N4CCN(C(=O)C5CCCC5)CC4)cn3)nc2n(C2CCCC2)c1=O. The molecule has 3 aromatic rings. The van der Waals surface area contributed by atoms with Crippen LogP contribution in [0.5, 0.6) is 0 Å². The molecule has 210 valence electrons. The zero-order valence-corrected chi connectivity index (χ0v) is 23.4. The molecule has 3 aliphatic rings. The van der Waals surface area contributed by atoms with Crippen LogP contribution >= 0.6 is 0 Å². The molecule has 1 N–H and O–H groups in total. The van der Waals surface area contributed by atoms with Crippen LogP contribution in [0.25, 0.3) is 11.0 Å². The van der Waals surface area contributed by atoms with E-state index in [0.717, 1.165) is 75.8 Å². The highest BCUT2D eigenvalue weighted by atomic mass is 16.2. The van der Waals surface area contributed by atoms with Gasteiger partial charge < -0.3 is 15.1 Å². The molecule has 3 aromatic heterocycles. The minimum absolute atomic E-state index is 0.0304. The molecule has 2 saturated carbocycles. The zero-order chi connectivity index (χ0) is 27.8. The van der Waals surface area contributed by atoms with E-state index < -0.39 is 0 Å². The summed E-state index contributed by atoms with van der Waals surface area (Å²) >= 11 is 0. The molecule has 0 unspecified atom stereocenters. The summed E-state index contributed by atoms with van der Waals surface area (Å²) < 4.78 is 1.71. The van der Waals surface area contributed by atoms with Crippen LogP contribution in [0.1, 0.15) is 80.3 Å². The summed E-state index contributed by atoms with van der Waals surface area (Å²) in [4.78, 5) is 56.7. The molecular formula is C30H37N7O3. The maximum atomic E-state index is 13.4. The number of carbonyl (C=O) groups excluding carboxylic acids is 2. The van der Waals surface area contributed by atoms with Crippen molar-refractivity contribution < 1.29 is 9.59 Å². The van der Waals surface area contributed by atoms with Crippen molar-refractivity contribution in [2.24, 2.45) is 5.92 Å². The number of hydrogen-bond acceptors (Lipinski definition) is 8. The number of ketones is 1. The van der Waals surface area contributed by atoms with Crippen molar-refractivity contribution in [1.82, 2.24) is 24.4 Å². The van der Waals surface area contributed by atoms with Gasteiger partial charge in [0.1, 0.15) is 11.5 Å². The van der Waals surface area contributed by atoms with Gasteiger partial charge in [-0.3, -0.25) is 19.0 Å². The highest BCUT2D eigenvalue weighted by Gasteiger charge is 2.30. The fourth-order valence-electron chi connectivity index (χ4n) is 6.69. The number of nitrogens with one attached hydrogen (secondary N) is 1. The molecule has 0 atom stereocenters. The van der Waals surface area contributed by atoms with Crippen LogP contribution in [-0.2, 0) is 4.79 Å². The third kappa shape index (κ3) is 4.95. The number of fused-ring (bicyclic) bond motifs is 1. The Balaban J connectivity index is 1.19. The Morgan fingerprint density at radius 1 is 0.925 bits per heavy atom. The van der Waals surface area contributed by atoms with E-state index in [4.69, 9.17) is 4.98 Å². The van der Waals surface area contributed by atoms with E-state index in [0.29, 0.717) is 28.9 Å². The van der Waals surface area contributed by atoms with Crippen molar-refractivity contribution in [1.29, 1.82) is 0 Å². The average molecular weight is 544 g/mol. The first-order valence-corrected chi connectivity index (χ1v) is 14.6. The highest BCUT2D eigenvalue weighted by molar-refractivity contribution is 5.99. The molecule has 1 amide bonds. The molecule has 4 heterocycles. The smallest absolute Gasteiger partial charge is 0.263 e. The topological polar surface area (TPSA) is 113 Å². The first kappa shape index (κ1) is 26.4. The Morgan fingerprint density at radius 2 is 1.62 bits per heavy atom. The quantitative estimate of drug-likeness (QED) is 0.456. The number of aromatic nitrogens is 4. The van der Waals surface area contributed by atoms with E-state index in [2.05, 4.69) is 20.2 Å². The molecule has 0 bridgehead atoms. The Kier molecular flexibility index (Phi) is 7.25. The van der Waals surface area contributed by atoms with E-state index in [-0.39, 0.29) is 28.9 Å². The number of nitrogens with zero attached hydrogens (tertiary/aromatic N) is 6. The summed E-state index contributed by atoms with van der Waals surface area (Å²) in [6.07, 6.45) is 11.9. The van der Waals surface area contributed by atoms with Gasteiger partial charge in [0.05, 0.1) is 17.4 Å². The maximum Gasteiger partial charge on any atom is 0.263 e. The summed E-state index contributed by atoms with van der Waals surface area (Å²) in [7, 11) is 0. The predicted molar refractivity (Wildman–Crippen MR) is 154 cm³/mol. The summed E-state index contributed by atoms with van der Waals surface area (Å²) in [5.74, 6) is 1.28. The van der Waals surface area contributed by atoms with E-state index in [9.17, 15) is 14.4 Å². The molecule has 10 heteroatoms. The van der Waals surface area contributed by atoms with Gasteiger partial charge in [0.25, 0.3) is 5.56 Å². The highest BCUT2D eigenvalue weighted by Crippen LogP contribution is 2.32. The number of carbonyl (C=O) groups is 2. The molecular weight excluding hydrogens is 506 g/mol. The number of pyridine rings is 2. The maximum absolute atomic E-state index is 13.4. The Hall–Kier alpha value is -3.82. The monoisotopic (exact) mass is 543 g/mol. The third-order valence-corrected chi connectivity index (χ3v) is 8.90. The molecule has 6 rings (SSSR count). The van der Waals surface area contributed by atoms with Gasteiger partial charge in [-0.05, 0) is 57.2 Å². The summed E-state index contributed by atoms with van der Waals surface area (Å²) in [6, 6.07) is 3.94. The number of Topliss-reactive ketones (excluding diaryl/α,β-unsaturated/α-hetero) is 1. The number of aryl methyl sites for hydroxylation is 1. The summed E-state index contributed by atoms with van der Waals surface area (Å²) in [5.41, 5.74) is 2.16. The van der Waals surface area contributed by atoms with E-state index in [1.165, 1.54) is 19.8 Å². The lowest BCUT2D eigenvalue weighted by Gasteiger charge is -2.37. The number of anilines is 3. The standard InChI is InChI=1S/C30H37N7O3/c1-19-24-18-32-30(34-27(24)37(22-9-5-6-10-22)29(40)26(19)20(2)38)33-25-12-11-23(17-31-25)35-13-15-36(16-14-35)28(39)21-7-3-4-8-21/h11-12,17-18,21-22H,3-10,13-16H2,1-2H3,(H,31,32,33,34). The Labute approximate surface area is 233 Å². The van der Waals surface area contributed by atoms with Gasteiger partial charge in [-0.25, -0.2) is 9.97 Å². The van der Waals surface area contributed by atoms with Gasteiger partial charge in [0, 0.05) is 49.7 Å². The fraction of sp³-hybridized carbons (Fsp3) is 0.533. The second-order valence-corrected chi connectivity index (χ2v) is 11.4. The molecule has 3 fully saturated rings.